The Morgan fingerprint density at radius 2 is 2.10 bits per heavy atom. The molecule has 2 unspecified atom stereocenters. The van der Waals surface area contributed by atoms with E-state index in [1.807, 2.05) is 13.1 Å². The third kappa shape index (κ3) is 3.41. The zero-order chi connectivity index (χ0) is 14.8. The zero-order valence-corrected chi connectivity index (χ0v) is 13.3. The standard InChI is InChI=1S/C18H28FN/c1-13-8-9-15(19)11-14(13)12-17(20-4)16-7-5-6-10-18(16,2)3/h8-9,11,16-17,20H,5-7,10,12H2,1-4H3. The van der Waals surface area contributed by atoms with Crippen molar-refractivity contribution in [1.82, 2.24) is 5.32 Å². The summed E-state index contributed by atoms with van der Waals surface area (Å²) in [4.78, 5) is 0. The number of rotatable bonds is 4. The zero-order valence-electron chi connectivity index (χ0n) is 13.3. The molecule has 2 heteroatoms. The van der Waals surface area contributed by atoms with Gasteiger partial charge in [-0.25, -0.2) is 4.39 Å². The lowest BCUT2D eigenvalue weighted by atomic mass is 9.65. The van der Waals surface area contributed by atoms with Gasteiger partial charge in [0, 0.05) is 6.04 Å². The molecule has 1 nitrogen and oxygen atoms in total. The van der Waals surface area contributed by atoms with Crippen LogP contribution in [0.5, 0.6) is 0 Å². The number of halogens is 1. The van der Waals surface area contributed by atoms with E-state index in [2.05, 4.69) is 26.1 Å². The fraction of sp³-hybridized carbons (Fsp3) is 0.667. The fourth-order valence-electron chi connectivity index (χ4n) is 3.81. The lowest BCUT2D eigenvalue weighted by Gasteiger charge is -2.43. The van der Waals surface area contributed by atoms with Gasteiger partial charge in [-0.2, -0.15) is 0 Å². The van der Waals surface area contributed by atoms with Gasteiger partial charge in [0.15, 0.2) is 0 Å². The van der Waals surface area contributed by atoms with Gasteiger partial charge in [-0.1, -0.05) is 32.8 Å². The van der Waals surface area contributed by atoms with E-state index in [1.54, 1.807) is 12.1 Å². The Morgan fingerprint density at radius 1 is 1.35 bits per heavy atom. The van der Waals surface area contributed by atoms with Gasteiger partial charge < -0.3 is 5.32 Å². The maximum atomic E-state index is 13.5. The summed E-state index contributed by atoms with van der Waals surface area (Å²) in [6.07, 6.45) is 6.19. The van der Waals surface area contributed by atoms with Crippen molar-refractivity contribution in [1.29, 1.82) is 0 Å². The van der Waals surface area contributed by atoms with E-state index in [0.29, 0.717) is 17.4 Å². The van der Waals surface area contributed by atoms with E-state index in [9.17, 15) is 4.39 Å². The van der Waals surface area contributed by atoms with Gasteiger partial charge in [0.2, 0.25) is 0 Å². The van der Waals surface area contributed by atoms with Crippen molar-refractivity contribution in [2.75, 3.05) is 7.05 Å². The van der Waals surface area contributed by atoms with Crippen molar-refractivity contribution in [3.05, 3.63) is 35.1 Å². The Hall–Kier alpha value is -0.890. The number of nitrogens with one attached hydrogen (secondary N) is 1. The molecule has 0 spiro atoms. The SMILES string of the molecule is CNC(Cc1cc(F)ccc1C)C1CCCCC1(C)C. The highest BCUT2D eigenvalue weighted by Crippen LogP contribution is 2.43. The first-order valence-corrected chi connectivity index (χ1v) is 7.86. The molecule has 0 aromatic heterocycles. The molecular weight excluding hydrogens is 249 g/mol. The van der Waals surface area contributed by atoms with Gasteiger partial charge in [0.1, 0.15) is 5.82 Å². The van der Waals surface area contributed by atoms with E-state index >= 15 is 0 Å². The first-order chi connectivity index (χ1) is 9.44. The van der Waals surface area contributed by atoms with Crippen LogP contribution in [0.15, 0.2) is 18.2 Å². The summed E-state index contributed by atoms with van der Waals surface area (Å²) in [5.41, 5.74) is 2.72. The average molecular weight is 277 g/mol. The summed E-state index contributed by atoms with van der Waals surface area (Å²) >= 11 is 0. The number of aryl methyl sites for hydroxylation is 1. The van der Waals surface area contributed by atoms with E-state index in [4.69, 9.17) is 0 Å². The van der Waals surface area contributed by atoms with Gasteiger partial charge in [-0.15, -0.1) is 0 Å². The summed E-state index contributed by atoms with van der Waals surface area (Å²) in [5.74, 6) is 0.548. The van der Waals surface area contributed by atoms with Gasteiger partial charge in [0.25, 0.3) is 0 Å². The van der Waals surface area contributed by atoms with Gasteiger partial charge in [0.05, 0.1) is 0 Å². The highest BCUT2D eigenvalue weighted by atomic mass is 19.1. The Kier molecular flexibility index (Phi) is 4.85. The van der Waals surface area contributed by atoms with Crippen LogP contribution in [0.1, 0.15) is 50.7 Å². The Morgan fingerprint density at radius 3 is 2.75 bits per heavy atom. The van der Waals surface area contributed by atoms with Gasteiger partial charge in [-0.3, -0.25) is 0 Å². The molecule has 1 fully saturated rings. The summed E-state index contributed by atoms with van der Waals surface area (Å²) < 4.78 is 13.5. The van der Waals surface area contributed by atoms with Crippen molar-refractivity contribution in [3.63, 3.8) is 0 Å². The maximum Gasteiger partial charge on any atom is 0.123 e. The second-order valence-electron chi connectivity index (χ2n) is 7.01. The Bertz CT molecular complexity index is 453. The molecule has 0 amide bonds. The number of hydrogen-bond acceptors (Lipinski definition) is 1. The van der Waals surface area contributed by atoms with Crippen LogP contribution in [0, 0.1) is 24.1 Å². The highest BCUT2D eigenvalue weighted by molar-refractivity contribution is 5.27. The normalized spacial score (nSPS) is 23.6. The number of likely N-dealkylation sites (N-methyl/N-ethyl adjacent to an activating group) is 1. The summed E-state index contributed by atoms with van der Waals surface area (Å²) in [6.45, 7) is 6.85. The molecule has 112 valence electrons. The second-order valence-corrected chi connectivity index (χ2v) is 7.01. The fourth-order valence-corrected chi connectivity index (χ4v) is 3.81. The Labute approximate surface area is 123 Å². The smallest absolute Gasteiger partial charge is 0.123 e. The molecule has 1 N–H and O–H groups in total. The molecule has 0 radical (unpaired) electrons. The average Bonchev–Trinajstić information content (AvgIpc) is 2.40. The molecule has 0 saturated heterocycles. The minimum atomic E-state index is -0.122. The van der Waals surface area contributed by atoms with Crippen LogP contribution in [0.4, 0.5) is 4.39 Å². The molecule has 2 rings (SSSR count). The molecule has 1 aromatic rings. The highest BCUT2D eigenvalue weighted by Gasteiger charge is 2.36. The minimum absolute atomic E-state index is 0.122. The van der Waals surface area contributed by atoms with Crippen molar-refractivity contribution < 1.29 is 4.39 Å². The number of benzene rings is 1. The molecule has 1 aliphatic rings. The van der Waals surface area contributed by atoms with Crippen molar-refractivity contribution in [2.24, 2.45) is 11.3 Å². The van der Waals surface area contributed by atoms with Crippen LogP contribution in [0.3, 0.4) is 0 Å². The lowest BCUT2D eigenvalue weighted by Crippen LogP contribution is -2.44. The first-order valence-electron chi connectivity index (χ1n) is 7.86. The molecule has 1 aromatic carbocycles. The predicted octanol–water partition coefficient (Wildman–Crippen LogP) is 4.48. The van der Waals surface area contributed by atoms with Crippen LogP contribution >= 0.6 is 0 Å². The van der Waals surface area contributed by atoms with Crippen LogP contribution in [0.25, 0.3) is 0 Å². The predicted molar refractivity (Wildman–Crippen MR) is 83.4 cm³/mol. The third-order valence-corrected chi connectivity index (χ3v) is 5.20. The van der Waals surface area contributed by atoms with Crippen LogP contribution in [-0.2, 0) is 6.42 Å². The van der Waals surface area contributed by atoms with Gasteiger partial charge >= 0.3 is 0 Å². The van der Waals surface area contributed by atoms with E-state index in [-0.39, 0.29) is 5.82 Å². The Balaban J connectivity index is 2.18. The first kappa shape index (κ1) is 15.5. The van der Waals surface area contributed by atoms with E-state index in [0.717, 1.165) is 12.0 Å². The molecule has 1 saturated carbocycles. The van der Waals surface area contributed by atoms with Crippen LogP contribution in [0.2, 0.25) is 0 Å². The largest absolute Gasteiger partial charge is 0.316 e. The third-order valence-electron chi connectivity index (χ3n) is 5.20. The lowest BCUT2D eigenvalue weighted by molar-refractivity contribution is 0.101. The second kappa shape index (κ2) is 6.26. The summed E-state index contributed by atoms with van der Waals surface area (Å²) in [7, 11) is 2.05. The monoisotopic (exact) mass is 277 g/mol. The van der Waals surface area contributed by atoms with Gasteiger partial charge in [-0.05, 0) is 67.8 Å². The van der Waals surface area contributed by atoms with Crippen molar-refractivity contribution >= 4 is 0 Å². The summed E-state index contributed by atoms with van der Waals surface area (Å²) in [6, 6.07) is 5.59. The minimum Gasteiger partial charge on any atom is -0.316 e. The van der Waals surface area contributed by atoms with E-state index in [1.165, 1.54) is 31.2 Å². The maximum absolute atomic E-state index is 13.5. The quantitative estimate of drug-likeness (QED) is 0.855. The molecule has 1 aliphatic carbocycles. The summed E-state index contributed by atoms with van der Waals surface area (Å²) in [5, 5.41) is 3.50. The molecule has 0 aliphatic heterocycles. The number of hydrogen-bond donors (Lipinski definition) is 1. The topological polar surface area (TPSA) is 12.0 Å². The molecule has 2 atom stereocenters. The molecular formula is C18H28FN. The molecule has 0 heterocycles. The van der Waals surface area contributed by atoms with Crippen molar-refractivity contribution in [2.45, 2.75) is 58.9 Å². The van der Waals surface area contributed by atoms with Crippen LogP contribution in [-0.4, -0.2) is 13.1 Å². The molecule has 0 bridgehead atoms. The molecule has 20 heavy (non-hydrogen) atoms. The van der Waals surface area contributed by atoms with E-state index < -0.39 is 0 Å². The van der Waals surface area contributed by atoms with Crippen molar-refractivity contribution in [3.8, 4) is 0 Å². The van der Waals surface area contributed by atoms with Crippen LogP contribution < -0.4 is 5.32 Å².